The van der Waals surface area contributed by atoms with Crippen LogP contribution in [0.2, 0.25) is 0 Å². The lowest BCUT2D eigenvalue weighted by Crippen LogP contribution is -2.57. The Bertz CT molecular complexity index is 1770. The van der Waals surface area contributed by atoms with Gasteiger partial charge < -0.3 is 34.4 Å². The SMILES string of the molecule is C=CCCC(=O)NC[C@@H](OC(=O)[C@@H]1[C@H]2C(=O)N([C@H](CO)c3ccccc3)[C@H](C(=O)N(CC=C)c3ccc(OC)cc3)[C@]23CC[C@H]1O3)c1ccccc1. The van der Waals surface area contributed by atoms with Gasteiger partial charge in [-0.3, -0.25) is 19.2 Å². The monoisotopic (exact) mass is 707 g/mol. The summed E-state index contributed by atoms with van der Waals surface area (Å²) in [7, 11) is 1.56. The largest absolute Gasteiger partial charge is 0.497 e. The minimum atomic E-state index is -1.36. The average molecular weight is 708 g/mol. The third-order valence-electron chi connectivity index (χ3n) is 10.4. The second kappa shape index (κ2) is 16.0. The van der Waals surface area contributed by atoms with Gasteiger partial charge in [0.1, 0.15) is 23.5 Å². The zero-order valence-electron chi connectivity index (χ0n) is 29.3. The topological polar surface area (TPSA) is 135 Å². The number of likely N-dealkylation sites (tertiary alicyclic amines) is 1. The number of rotatable bonds is 16. The van der Waals surface area contributed by atoms with E-state index < -0.39 is 66.1 Å². The van der Waals surface area contributed by atoms with E-state index in [-0.39, 0.29) is 25.4 Å². The number of methoxy groups -OCH3 is 1. The molecule has 6 rings (SSSR count). The van der Waals surface area contributed by atoms with Gasteiger partial charge in [0, 0.05) is 18.7 Å². The number of nitrogens with zero attached hydrogens (tertiary/aromatic N) is 2. The molecule has 3 amide bonds. The van der Waals surface area contributed by atoms with Gasteiger partial charge in [0.05, 0.1) is 44.2 Å². The van der Waals surface area contributed by atoms with Crippen molar-refractivity contribution in [1.82, 2.24) is 10.2 Å². The Labute approximate surface area is 303 Å². The van der Waals surface area contributed by atoms with Gasteiger partial charge in [0.15, 0.2) is 0 Å². The number of carbonyl (C=O) groups is 4. The highest BCUT2D eigenvalue weighted by molar-refractivity contribution is 6.05. The van der Waals surface area contributed by atoms with E-state index in [1.807, 2.05) is 36.4 Å². The number of amides is 3. The summed E-state index contributed by atoms with van der Waals surface area (Å²) in [5, 5.41) is 13.7. The Balaban J connectivity index is 1.37. The summed E-state index contributed by atoms with van der Waals surface area (Å²) >= 11 is 0. The van der Waals surface area contributed by atoms with E-state index in [1.165, 1.54) is 9.80 Å². The first kappa shape index (κ1) is 36.5. The van der Waals surface area contributed by atoms with Crippen molar-refractivity contribution in [1.29, 1.82) is 0 Å². The van der Waals surface area contributed by atoms with Crippen LogP contribution in [0.25, 0.3) is 0 Å². The second-order valence-corrected chi connectivity index (χ2v) is 13.3. The lowest BCUT2D eigenvalue weighted by Gasteiger charge is -2.39. The van der Waals surface area contributed by atoms with Crippen LogP contribution in [0.5, 0.6) is 5.75 Å². The molecular weight excluding hydrogens is 662 g/mol. The highest BCUT2D eigenvalue weighted by atomic mass is 16.6. The van der Waals surface area contributed by atoms with Crippen molar-refractivity contribution in [2.75, 3.05) is 31.7 Å². The maximum absolute atomic E-state index is 15.0. The Morgan fingerprint density at radius 3 is 2.31 bits per heavy atom. The number of benzene rings is 3. The summed E-state index contributed by atoms with van der Waals surface area (Å²) in [5.41, 5.74) is 0.507. The van der Waals surface area contributed by atoms with Crippen LogP contribution in [0.3, 0.4) is 0 Å². The molecule has 0 saturated carbocycles. The molecule has 11 nitrogen and oxygen atoms in total. The third kappa shape index (κ3) is 6.86. The summed E-state index contributed by atoms with van der Waals surface area (Å²) in [4.78, 5) is 59.8. The van der Waals surface area contributed by atoms with Crippen LogP contribution in [-0.2, 0) is 28.7 Å². The van der Waals surface area contributed by atoms with Gasteiger partial charge in [0.25, 0.3) is 5.91 Å². The van der Waals surface area contributed by atoms with Crippen molar-refractivity contribution in [3.63, 3.8) is 0 Å². The number of ether oxygens (including phenoxy) is 3. The normalized spacial score (nSPS) is 24.0. The quantitative estimate of drug-likeness (QED) is 0.162. The van der Waals surface area contributed by atoms with E-state index in [2.05, 4.69) is 18.5 Å². The average Bonchev–Trinajstić information content (AvgIpc) is 3.83. The molecule has 3 heterocycles. The van der Waals surface area contributed by atoms with Gasteiger partial charge in [0.2, 0.25) is 11.8 Å². The van der Waals surface area contributed by atoms with Crippen molar-refractivity contribution in [3.8, 4) is 5.75 Å². The first-order valence-electron chi connectivity index (χ1n) is 17.6. The predicted octanol–water partition coefficient (Wildman–Crippen LogP) is 4.69. The predicted molar refractivity (Wildman–Crippen MR) is 194 cm³/mol. The van der Waals surface area contributed by atoms with Crippen LogP contribution in [0.1, 0.15) is 49.0 Å². The number of anilines is 1. The van der Waals surface area contributed by atoms with Crippen LogP contribution < -0.4 is 15.0 Å². The number of allylic oxidation sites excluding steroid dienone is 1. The standard InChI is InChI=1S/C41H45N3O8/c1-4-6-17-34(46)42-25-33(28-15-11-8-12-16-28)51-40(49)35-32-22-23-41(52-32)36(35)38(47)44(31(26-45)27-13-9-7-10-14-27)37(41)39(48)43(24-5-2)29-18-20-30(50-3)21-19-29/h4-5,7-16,18-21,31-33,35-37,45H,1-2,6,17,22-26H2,3H3,(H,42,46)/t31-,32-,33-,35+,36+,37-,41+/m1/s1. The highest BCUT2D eigenvalue weighted by Crippen LogP contribution is 2.60. The molecule has 2 N–H and O–H groups in total. The number of aliphatic hydroxyl groups excluding tert-OH is 1. The Morgan fingerprint density at radius 1 is 1.02 bits per heavy atom. The fourth-order valence-corrected chi connectivity index (χ4v) is 8.01. The van der Waals surface area contributed by atoms with Crippen molar-refractivity contribution >= 4 is 29.4 Å². The molecule has 3 saturated heterocycles. The Morgan fingerprint density at radius 2 is 1.69 bits per heavy atom. The van der Waals surface area contributed by atoms with Gasteiger partial charge in [-0.2, -0.15) is 0 Å². The molecule has 3 aliphatic rings. The second-order valence-electron chi connectivity index (χ2n) is 13.3. The molecule has 52 heavy (non-hydrogen) atoms. The molecule has 3 aliphatic heterocycles. The summed E-state index contributed by atoms with van der Waals surface area (Å²) in [6, 6.07) is 23.0. The lowest BCUT2D eigenvalue weighted by atomic mass is 9.70. The molecule has 272 valence electrons. The van der Waals surface area contributed by atoms with Crippen molar-refractivity contribution < 1.29 is 38.5 Å². The molecule has 1 spiro atoms. The van der Waals surface area contributed by atoms with E-state index in [9.17, 15) is 19.5 Å². The number of hydrogen-bond acceptors (Lipinski definition) is 8. The van der Waals surface area contributed by atoms with E-state index in [4.69, 9.17) is 14.2 Å². The van der Waals surface area contributed by atoms with E-state index in [0.717, 1.165) is 0 Å². The maximum atomic E-state index is 15.0. The molecule has 2 bridgehead atoms. The van der Waals surface area contributed by atoms with Crippen LogP contribution >= 0.6 is 0 Å². The number of fused-ring (bicyclic) bond motifs is 1. The van der Waals surface area contributed by atoms with Gasteiger partial charge in [-0.1, -0.05) is 72.8 Å². The molecule has 11 heteroatoms. The molecule has 0 aromatic heterocycles. The summed E-state index contributed by atoms with van der Waals surface area (Å²) in [6.45, 7) is 7.24. The van der Waals surface area contributed by atoms with Crippen LogP contribution in [0.4, 0.5) is 5.69 Å². The number of aliphatic hydroxyl groups is 1. The van der Waals surface area contributed by atoms with Crippen LogP contribution in [0.15, 0.2) is 110 Å². The summed E-state index contributed by atoms with van der Waals surface area (Å²) in [6.07, 6.45) is 3.28. The maximum Gasteiger partial charge on any atom is 0.313 e. The molecule has 0 aliphatic carbocycles. The number of hydrogen-bond donors (Lipinski definition) is 2. The smallest absolute Gasteiger partial charge is 0.313 e. The van der Waals surface area contributed by atoms with Gasteiger partial charge in [-0.25, -0.2) is 0 Å². The number of carbonyl (C=O) groups excluding carboxylic acids is 4. The Kier molecular flexibility index (Phi) is 11.2. The lowest BCUT2D eigenvalue weighted by molar-refractivity contribution is -0.161. The summed E-state index contributed by atoms with van der Waals surface area (Å²) in [5.74, 6) is -3.20. The third-order valence-corrected chi connectivity index (χ3v) is 10.4. The summed E-state index contributed by atoms with van der Waals surface area (Å²) < 4.78 is 18.2. The van der Waals surface area contributed by atoms with E-state index in [0.29, 0.717) is 41.8 Å². The van der Waals surface area contributed by atoms with Crippen LogP contribution in [0, 0.1) is 11.8 Å². The molecule has 7 atom stereocenters. The molecule has 3 aromatic rings. The zero-order chi connectivity index (χ0) is 36.8. The molecule has 0 radical (unpaired) electrons. The van der Waals surface area contributed by atoms with Gasteiger partial charge in [-0.05, 0) is 54.7 Å². The molecule has 0 unspecified atom stereocenters. The minimum absolute atomic E-state index is 0.0277. The van der Waals surface area contributed by atoms with Gasteiger partial charge >= 0.3 is 5.97 Å². The fourth-order valence-electron chi connectivity index (χ4n) is 8.01. The molecule has 3 aromatic carbocycles. The minimum Gasteiger partial charge on any atom is -0.497 e. The van der Waals surface area contributed by atoms with Gasteiger partial charge in [-0.15, -0.1) is 13.2 Å². The van der Waals surface area contributed by atoms with Crippen molar-refractivity contribution in [2.45, 2.75) is 55.6 Å². The van der Waals surface area contributed by atoms with Crippen molar-refractivity contribution in [2.24, 2.45) is 11.8 Å². The van der Waals surface area contributed by atoms with Crippen LogP contribution in [-0.4, -0.2) is 78.3 Å². The van der Waals surface area contributed by atoms with E-state index in [1.54, 1.807) is 67.8 Å². The fraction of sp³-hybridized carbons (Fsp3) is 0.366. The van der Waals surface area contributed by atoms with Crippen molar-refractivity contribution in [3.05, 3.63) is 121 Å². The first-order chi connectivity index (χ1) is 25.3. The number of nitrogens with one attached hydrogen (secondary N) is 1. The number of esters is 1. The first-order valence-corrected chi connectivity index (χ1v) is 17.6. The Hall–Kier alpha value is -5.26. The highest BCUT2D eigenvalue weighted by Gasteiger charge is 2.76. The zero-order valence-corrected chi connectivity index (χ0v) is 29.3. The molecular formula is C41H45N3O8. The van der Waals surface area contributed by atoms with E-state index >= 15 is 4.79 Å². The molecule has 3 fully saturated rings.